The van der Waals surface area contributed by atoms with Crippen LogP contribution in [0.5, 0.6) is 0 Å². The van der Waals surface area contributed by atoms with Gasteiger partial charge in [0.05, 0.1) is 0 Å². The van der Waals surface area contributed by atoms with Crippen molar-refractivity contribution < 1.29 is 7.85 Å². The minimum atomic E-state index is -1.16. The molecule has 1 nitrogen and oxygen atoms in total. The summed E-state index contributed by atoms with van der Waals surface area (Å²) in [5, 5.41) is 9.75. The summed E-state index contributed by atoms with van der Waals surface area (Å²) in [4.78, 5) is 0. The average Bonchev–Trinajstić information content (AvgIpc) is 2.16. The van der Waals surface area contributed by atoms with Crippen molar-refractivity contribution in [3.05, 3.63) is 0 Å². The fraction of sp³-hybridized carbons (Fsp3) is 1.00. The molecular weight excluding hydrogens is 228 g/mol. The van der Waals surface area contributed by atoms with E-state index in [1.807, 2.05) is 0 Å². The minimum absolute atomic E-state index is 0.0434. The first-order valence-electron chi connectivity index (χ1n) is 6.29. The number of rotatable bonds is 10. The molecule has 0 radical (unpaired) electrons. The van der Waals surface area contributed by atoms with E-state index in [1.54, 1.807) is 0 Å². The second kappa shape index (κ2) is 12.4. The normalized spacial score (nSPS) is 14.0. The first-order chi connectivity index (χ1) is 7.12. The van der Waals surface area contributed by atoms with Gasteiger partial charge in [0.15, 0.2) is 0 Å². The van der Waals surface area contributed by atoms with Gasteiger partial charge in [-0.3, -0.25) is 0 Å². The van der Waals surface area contributed by atoms with Crippen LogP contribution in [-0.4, -0.2) is 17.0 Å². The number of alkyl halides is 1. The topological polar surface area (TPSA) is 20.2 Å². The lowest BCUT2D eigenvalue weighted by Crippen LogP contribution is -1.84. The molecule has 0 aromatic rings. The van der Waals surface area contributed by atoms with Gasteiger partial charge in [-0.2, -0.15) is 0 Å². The van der Waals surface area contributed by atoms with E-state index >= 15 is 0 Å². The van der Waals surface area contributed by atoms with Gasteiger partial charge in [-0.25, -0.2) is 0 Å². The van der Waals surface area contributed by atoms with E-state index in [2.05, 4.69) is 15.9 Å². The standard InChI is InChI=1S/C11H23BrO/c12-10-8-6-4-2-1-3-5-7-9-11-13/h13H,1-11H2/i7D2. The number of hydrogen-bond donors (Lipinski definition) is 1. The third-order valence-electron chi connectivity index (χ3n) is 2.03. The largest absolute Gasteiger partial charge is 0.396 e. The molecule has 0 amide bonds. The smallest absolute Gasteiger partial charge is 0.0431 e. The highest BCUT2D eigenvalue weighted by molar-refractivity contribution is 9.09. The summed E-state index contributed by atoms with van der Waals surface area (Å²) in [6.45, 7) is -0.0434. The molecule has 0 unspecified atom stereocenters. The molecule has 0 aliphatic heterocycles. The molecule has 0 bridgehead atoms. The second-order valence-corrected chi connectivity index (χ2v) is 4.08. The molecule has 0 spiro atoms. The van der Waals surface area contributed by atoms with Crippen LogP contribution in [0, 0.1) is 0 Å². The molecule has 0 aliphatic carbocycles. The summed E-state index contributed by atoms with van der Waals surface area (Å²) in [5.41, 5.74) is 0. The lowest BCUT2D eigenvalue weighted by Gasteiger charge is -2.00. The van der Waals surface area contributed by atoms with Crippen molar-refractivity contribution in [3.63, 3.8) is 0 Å². The molecule has 1 N–H and O–H groups in total. The average molecular weight is 253 g/mol. The predicted molar refractivity (Wildman–Crippen MR) is 62.4 cm³/mol. The van der Waals surface area contributed by atoms with E-state index in [9.17, 15) is 0 Å². The molecule has 2 heteroatoms. The molecule has 0 aromatic carbocycles. The Kier molecular flexibility index (Phi) is 9.55. The number of hydrogen-bond acceptors (Lipinski definition) is 1. The van der Waals surface area contributed by atoms with Crippen LogP contribution in [0.4, 0.5) is 0 Å². The van der Waals surface area contributed by atoms with Gasteiger partial charge in [0.1, 0.15) is 0 Å². The molecule has 0 atom stereocenters. The van der Waals surface area contributed by atoms with Crippen LogP contribution in [0.2, 0.25) is 0 Å². The van der Waals surface area contributed by atoms with Crippen LogP contribution >= 0.6 is 15.9 Å². The summed E-state index contributed by atoms with van der Waals surface area (Å²) >= 11 is 3.40. The van der Waals surface area contributed by atoms with E-state index in [-0.39, 0.29) is 13.0 Å². The second-order valence-electron chi connectivity index (χ2n) is 3.28. The van der Waals surface area contributed by atoms with Gasteiger partial charge < -0.3 is 5.11 Å². The first-order valence-corrected chi connectivity index (χ1v) is 6.41. The zero-order chi connectivity index (χ0) is 11.6. The zero-order valence-corrected chi connectivity index (χ0v) is 9.98. The zero-order valence-electron chi connectivity index (χ0n) is 10.4. The molecule has 13 heavy (non-hydrogen) atoms. The monoisotopic (exact) mass is 252 g/mol. The Morgan fingerprint density at radius 3 is 1.92 bits per heavy atom. The van der Waals surface area contributed by atoms with Gasteiger partial charge in [0.25, 0.3) is 0 Å². The fourth-order valence-corrected chi connectivity index (χ4v) is 1.65. The Labute approximate surface area is 93.9 Å². The van der Waals surface area contributed by atoms with Gasteiger partial charge in [0.2, 0.25) is 0 Å². The quantitative estimate of drug-likeness (QED) is 0.462. The Bertz CT molecular complexity index is 143. The molecule has 0 saturated heterocycles. The van der Waals surface area contributed by atoms with E-state index in [0.29, 0.717) is 6.42 Å². The number of aliphatic hydroxyl groups is 1. The van der Waals surface area contributed by atoms with Crippen molar-refractivity contribution in [2.24, 2.45) is 0 Å². The van der Waals surface area contributed by atoms with Gasteiger partial charge in [-0.1, -0.05) is 60.8 Å². The summed E-state index contributed by atoms with van der Waals surface area (Å²) in [6.07, 6.45) is 6.75. The molecule has 80 valence electrons. The summed E-state index contributed by atoms with van der Waals surface area (Å²) in [5.74, 6) is 0. The fourth-order valence-electron chi connectivity index (χ4n) is 1.26. The van der Waals surface area contributed by atoms with E-state index in [0.717, 1.165) is 18.2 Å². The van der Waals surface area contributed by atoms with Crippen LogP contribution in [0.1, 0.15) is 60.5 Å². The molecule has 0 aromatic heterocycles. The van der Waals surface area contributed by atoms with E-state index in [4.69, 9.17) is 7.85 Å². The predicted octanol–water partition coefficient (Wildman–Crippen LogP) is 3.88. The van der Waals surface area contributed by atoms with Crippen molar-refractivity contribution in [2.75, 3.05) is 11.9 Å². The van der Waals surface area contributed by atoms with Gasteiger partial charge in [-0.15, -0.1) is 0 Å². The molecule has 0 heterocycles. The van der Waals surface area contributed by atoms with Crippen LogP contribution in [0.15, 0.2) is 0 Å². The van der Waals surface area contributed by atoms with Crippen molar-refractivity contribution in [1.82, 2.24) is 0 Å². The molecule has 0 fully saturated rings. The van der Waals surface area contributed by atoms with E-state index in [1.165, 1.54) is 25.7 Å². The van der Waals surface area contributed by atoms with E-state index < -0.39 is 6.37 Å². The minimum Gasteiger partial charge on any atom is -0.396 e. The van der Waals surface area contributed by atoms with Crippen molar-refractivity contribution in [2.45, 2.75) is 57.7 Å². The summed E-state index contributed by atoms with van der Waals surface area (Å²) in [6, 6.07) is 0. The molecule has 0 aliphatic rings. The van der Waals surface area contributed by atoms with Crippen LogP contribution in [0.3, 0.4) is 0 Å². The SMILES string of the molecule is [2H]C([2H])(CCO)CCCCCCCCBr. The highest BCUT2D eigenvalue weighted by Crippen LogP contribution is 2.09. The maximum Gasteiger partial charge on any atom is 0.0431 e. The third kappa shape index (κ3) is 12.4. The van der Waals surface area contributed by atoms with Crippen molar-refractivity contribution in [3.8, 4) is 0 Å². The van der Waals surface area contributed by atoms with Crippen LogP contribution in [0.25, 0.3) is 0 Å². The lowest BCUT2D eigenvalue weighted by molar-refractivity contribution is 0.282. The Morgan fingerprint density at radius 1 is 0.846 bits per heavy atom. The maximum absolute atomic E-state index is 8.66. The van der Waals surface area contributed by atoms with Gasteiger partial charge in [0, 0.05) is 14.7 Å². The molecule has 0 rings (SSSR count). The maximum atomic E-state index is 8.66. The Balaban J connectivity index is 3.22. The van der Waals surface area contributed by atoms with Crippen molar-refractivity contribution >= 4 is 15.9 Å². The van der Waals surface area contributed by atoms with Crippen molar-refractivity contribution in [1.29, 1.82) is 0 Å². The van der Waals surface area contributed by atoms with Gasteiger partial charge in [-0.05, 0) is 12.8 Å². The van der Waals surface area contributed by atoms with Crippen LogP contribution < -0.4 is 0 Å². The Hall–Kier alpha value is 0.440. The van der Waals surface area contributed by atoms with Crippen LogP contribution in [-0.2, 0) is 0 Å². The Morgan fingerprint density at radius 2 is 1.38 bits per heavy atom. The molecule has 0 saturated carbocycles. The number of halogens is 1. The third-order valence-corrected chi connectivity index (χ3v) is 2.59. The number of unbranched alkanes of at least 4 members (excludes halogenated alkanes) is 5. The summed E-state index contributed by atoms with van der Waals surface area (Å²) in [7, 11) is 0. The number of aliphatic hydroxyl groups excluding tert-OH is 1. The summed E-state index contributed by atoms with van der Waals surface area (Å²) < 4.78 is 15.1. The lowest BCUT2D eigenvalue weighted by atomic mass is 10.1. The van der Waals surface area contributed by atoms with Gasteiger partial charge >= 0.3 is 0 Å². The highest BCUT2D eigenvalue weighted by atomic mass is 79.9. The highest BCUT2D eigenvalue weighted by Gasteiger charge is 1.91. The molecular formula is C11H23BrO. The first kappa shape index (κ1) is 9.97.